The largest absolute Gasteiger partial charge is 0.492 e. The first kappa shape index (κ1) is 19.0. The highest BCUT2D eigenvalue weighted by atomic mass is 32.2. The molecule has 0 aliphatic carbocycles. The zero-order valence-corrected chi connectivity index (χ0v) is 17.0. The summed E-state index contributed by atoms with van der Waals surface area (Å²) in [6.45, 7) is 2.51. The molecule has 2 N–H and O–H groups in total. The second kappa shape index (κ2) is 7.60. The third-order valence-electron chi connectivity index (χ3n) is 4.43. The summed E-state index contributed by atoms with van der Waals surface area (Å²) in [7, 11) is -3.31. The van der Waals surface area contributed by atoms with Crippen molar-refractivity contribution in [3.05, 3.63) is 66.7 Å². The molecule has 1 heterocycles. The highest BCUT2D eigenvalue weighted by molar-refractivity contribution is 7.92. The van der Waals surface area contributed by atoms with Crippen LogP contribution in [-0.2, 0) is 10.0 Å². The third-order valence-corrected chi connectivity index (χ3v) is 5.04. The van der Waals surface area contributed by atoms with Crippen molar-refractivity contribution in [3.63, 3.8) is 0 Å². The van der Waals surface area contributed by atoms with E-state index in [0.29, 0.717) is 12.3 Å². The van der Waals surface area contributed by atoms with Crippen LogP contribution in [0.15, 0.2) is 66.7 Å². The van der Waals surface area contributed by atoms with Gasteiger partial charge in [0.25, 0.3) is 0 Å². The number of pyridine rings is 1. The quantitative estimate of drug-likeness (QED) is 0.444. The van der Waals surface area contributed by atoms with Crippen LogP contribution in [0.25, 0.3) is 21.8 Å². The normalized spacial score (nSPS) is 11.5. The van der Waals surface area contributed by atoms with Crippen LogP contribution in [0.5, 0.6) is 5.75 Å². The van der Waals surface area contributed by atoms with Gasteiger partial charge in [-0.1, -0.05) is 30.3 Å². The first-order valence-corrected chi connectivity index (χ1v) is 11.1. The van der Waals surface area contributed by atoms with E-state index in [2.05, 4.69) is 10.0 Å². The molecule has 0 aliphatic heterocycles. The number of hydrogen-bond donors (Lipinski definition) is 2. The molecule has 0 amide bonds. The predicted octanol–water partition coefficient (Wildman–Crippen LogP) is 4.90. The van der Waals surface area contributed by atoms with Gasteiger partial charge in [-0.2, -0.15) is 0 Å². The Morgan fingerprint density at radius 2 is 1.59 bits per heavy atom. The first-order valence-electron chi connectivity index (χ1n) is 9.24. The lowest BCUT2D eigenvalue weighted by atomic mass is 10.1. The van der Waals surface area contributed by atoms with Gasteiger partial charge in [0.15, 0.2) is 0 Å². The molecule has 0 aliphatic rings. The minimum Gasteiger partial charge on any atom is -0.492 e. The van der Waals surface area contributed by atoms with E-state index in [1.54, 1.807) is 12.1 Å². The number of nitrogens with zero attached hydrogens (tertiary/aromatic N) is 1. The van der Waals surface area contributed by atoms with Gasteiger partial charge in [-0.3, -0.25) is 4.72 Å². The highest BCUT2D eigenvalue weighted by Gasteiger charge is 2.13. The summed E-state index contributed by atoms with van der Waals surface area (Å²) in [5, 5.41) is 5.42. The molecule has 0 fully saturated rings. The average Bonchev–Trinajstić information content (AvgIpc) is 2.69. The van der Waals surface area contributed by atoms with Gasteiger partial charge in [-0.25, -0.2) is 13.4 Å². The number of benzene rings is 3. The van der Waals surface area contributed by atoms with Crippen molar-refractivity contribution >= 4 is 48.9 Å². The average molecular weight is 407 g/mol. The van der Waals surface area contributed by atoms with Crippen LogP contribution in [0.4, 0.5) is 17.1 Å². The number of hydrogen-bond acceptors (Lipinski definition) is 5. The molecule has 7 heteroatoms. The summed E-state index contributed by atoms with van der Waals surface area (Å²) in [5.41, 5.74) is 3.94. The zero-order valence-electron chi connectivity index (χ0n) is 16.1. The number of anilines is 3. The van der Waals surface area contributed by atoms with Gasteiger partial charge in [-0.15, -0.1) is 0 Å². The smallest absolute Gasteiger partial charge is 0.229 e. The molecule has 0 spiro atoms. The topological polar surface area (TPSA) is 80.3 Å². The molecule has 4 aromatic rings. The fourth-order valence-electron chi connectivity index (χ4n) is 3.27. The van der Waals surface area contributed by atoms with E-state index in [-0.39, 0.29) is 0 Å². The Morgan fingerprint density at radius 3 is 2.31 bits per heavy atom. The van der Waals surface area contributed by atoms with Crippen molar-refractivity contribution in [2.24, 2.45) is 0 Å². The molecular formula is C22H21N3O3S. The number of fused-ring (bicyclic) bond motifs is 2. The van der Waals surface area contributed by atoms with Crippen LogP contribution in [0.3, 0.4) is 0 Å². The lowest BCUT2D eigenvalue weighted by Crippen LogP contribution is -2.09. The SMILES string of the molecule is CCOc1cccc2c(Nc3ccc(NS(C)(=O)=O)cc3)c3ccccc3nc12. The van der Waals surface area contributed by atoms with Crippen molar-refractivity contribution < 1.29 is 13.2 Å². The molecule has 0 atom stereocenters. The van der Waals surface area contributed by atoms with Crippen LogP contribution >= 0.6 is 0 Å². The molecule has 0 saturated heterocycles. The molecular weight excluding hydrogens is 386 g/mol. The fourth-order valence-corrected chi connectivity index (χ4v) is 3.84. The summed E-state index contributed by atoms with van der Waals surface area (Å²) in [6, 6.07) is 20.9. The monoisotopic (exact) mass is 407 g/mol. The van der Waals surface area contributed by atoms with Crippen LogP contribution in [-0.4, -0.2) is 26.3 Å². The van der Waals surface area contributed by atoms with E-state index in [4.69, 9.17) is 9.72 Å². The molecule has 0 unspecified atom stereocenters. The maximum Gasteiger partial charge on any atom is 0.229 e. The molecule has 1 aromatic heterocycles. The van der Waals surface area contributed by atoms with Crippen molar-refractivity contribution in [2.45, 2.75) is 6.92 Å². The molecule has 4 rings (SSSR count). The summed E-state index contributed by atoms with van der Waals surface area (Å²) >= 11 is 0. The zero-order chi connectivity index (χ0) is 20.4. The molecule has 3 aromatic carbocycles. The minimum atomic E-state index is -3.31. The number of nitrogens with one attached hydrogen (secondary N) is 2. The van der Waals surface area contributed by atoms with Gasteiger partial charge in [0.05, 0.1) is 24.1 Å². The summed E-state index contributed by atoms with van der Waals surface area (Å²) in [4.78, 5) is 4.81. The van der Waals surface area contributed by atoms with E-state index < -0.39 is 10.0 Å². The van der Waals surface area contributed by atoms with Crippen LogP contribution < -0.4 is 14.8 Å². The lowest BCUT2D eigenvalue weighted by Gasteiger charge is -2.15. The molecule has 0 radical (unpaired) electrons. The minimum absolute atomic E-state index is 0.515. The Bertz CT molecular complexity index is 1290. The van der Waals surface area contributed by atoms with Crippen molar-refractivity contribution in [3.8, 4) is 5.75 Å². The van der Waals surface area contributed by atoms with Crippen LogP contribution in [0, 0.1) is 0 Å². The first-order chi connectivity index (χ1) is 13.9. The van der Waals surface area contributed by atoms with Gasteiger partial charge in [0.1, 0.15) is 11.3 Å². The second-order valence-corrected chi connectivity index (χ2v) is 8.41. The number of aromatic nitrogens is 1. The van der Waals surface area contributed by atoms with E-state index in [0.717, 1.165) is 45.2 Å². The molecule has 6 nitrogen and oxygen atoms in total. The second-order valence-electron chi connectivity index (χ2n) is 6.67. The molecule has 0 saturated carbocycles. The number of rotatable bonds is 6. The van der Waals surface area contributed by atoms with Crippen molar-refractivity contribution in [2.75, 3.05) is 22.9 Å². The van der Waals surface area contributed by atoms with E-state index in [9.17, 15) is 8.42 Å². The number of sulfonamides is 1. The van der Waals surface area contributed by atoms with Gasteiger partial charge >= 0.3 is 0 Å². The predicted molar refractivity (Wildman–Crippen MR) is 119 cm³/mol. The van der Waals surface area contributed by atoms with Gasteiger partial charge < -0.3 is 10.1 Å². The van der Waals surface area contributed by atoms with Gasteiger partial charge in [0, 0.05) is 22.1 Å². The van der Waals surface area contributed by atoms with Gasteiger partial charge in [-0.05, 0) is 43.3 Å². The summed E-state index contributed by atoms with van der Waals surface area (Å²) < 4.78 is 31.1. The summed E-state index contributed by atoms with van der Waals surface area (Å²) in [5.74, 6) is 0.742. The fraction of sp³-hybridized carbons (Fsp3) is 0.136. The Hall–Kier alpha value is -3.32. The number of para-hydroxylation sites is 2. The lowest BCUT2D eigenvalue weighted by molar-refractivity contribution is 0.343. The Morgan fingerprint density at radius 1 is 0.897 bits per heavy atom. The van der Waals surface area contributed by atoms with Crippen LogP contribution in [0.2, 0.25) is 0 Å². The van der Waals surface area contributed by atoms with E-state index in [1.165, 1.54) is 0 Å². The van der Waals surface area contributed by atoms with Gasteiger partial charge in [0.2, 0.25) is 10.0 Å². The highest BCUT2D eigenvalue weighted by Crippen LogP contribution is 2.36. The van der Waals surface area contributed by atoms with Crippen molar-refractivity contribution in [1.29, 1.82) is 0 Å². The maximum absolute atomic E-state index is 11.4. The molecule has 29 heavy (non-hydrogen) atoms. The third kappa shape index (κ3) is 4.09. The van der Waals surface area contributed by atoms with E-state index in [1.807, 2.05) is 61.5 Å². The van der Waals surface area contributed by atoms with E-state index >= 15 is 0 Å². The Balaban J connectivity index is 1.82. The standard InChI is InChI=1S/C22H21N3O3S/c1-3-28-20-10-6-8-18-21(17-7-4-5-9-19(17)24-22(18)20)23-15-11-13-16(14-12-15)25-29(2,26)27/h4-14,25H,3H2,1-2H3,(H,23,24). The molecule has 0 bridgehead atoms. The van der Waals surface area contributed by atoms with Crippen LogP contribution in [0.1, 0.15) is 6.92 Å². The number of ether oxygens (including phenoxy) is 1. The van der Waals surface area contributed by atoms with Crippen molar-refractivity contribution in [1.82, 2.24) is 4.98 Å². The maximum atomic E-state index is 11.4. The Kier molecular flexibility index (Phi) is 4.98. The molecule has 148 valence electrons. The Labute approximate surface area is 169 Å². The summed E-state index contributed by atoms with van der Waals surface area (Å²) in [6.07, 6.45) is 1.13.